The topological polar surface area (TPSA) is 6.48 Å². The van der Waals surface area contributed by atoms with E-state index in [4.69, 9.17) is 0 Å². The molecule has 1 aromatic rings. The standard InChI is InChI=1S/C18H30N2/c1-15(2)16(3)20-12-10-18(11-13-20)19(4)14-17-8-6-5-7-9-17/h5-9,15-16,18H,10-14H2,1-4H3. The normalized spacial score (nSPS) is 19.7. The number of hydrogen-bond acceptors (Lipinski definition) is 2. The van der Waals surface area contributed by atoms with Gasteiger partial charge in [-0.25, -0.2) is 0 Å². The number of nitrogens with zero attached hydrogens (tertiary/aromatic N) is 2. The molecule has 20 heavy (non-hydrogen) atoms. The second-order valence-electron chi connectivity index (χ2n) is 6.65. The third-order valence-electron chi connectivity index (χ3n) is 4.94. The zero-order valence-corrected chi connectivity index (χ0v) is 13.5. The molecule has 0 N–H and O–H groups in total. The highest BCUT2D eigenvalue weighted by molar-refractivity contribution is 5.14. The minimum Gasteiger partial charge on any atom is -0.300 e. The number of piperidine rings is 1. The van der Waals surface area contributed by atoms with Crippen LogP contribution >= 0.6 is 0 Å². The summed E-state index contributed by atoms with van der Waals surface area (Å²) in [5.74, 6) is 0.758. The van der Waals surface area contributed by atoms with Gasteiger partial charge in [0.1, 0.15) is 0 Å². The van der Waals surface area contributed by atoms with Crippen molar-refractivity contribution >= 4 is 0 Å². The van der Waals surface area contributed by atoms with Crippen molar-refractivity contribution < 1.29 is 0 Å². The fraction of sp³-hybridized carbons (Fsp3) is 0.667. The third kappa shape index (κ3) is 4.07. The lowest BCUT2D eigenvalue weighted by Crippen LogP contribution is -2.47. The van der Waals surface area contributed by atoms with Crippen LogP contribution in [0.1, 0.15) is 39.2 Å². The highest BCUT2D eigenvalue weighted by Crippen LogP contribution is 2.21. The van der Waals surface area contributed by atoms with Crippen LogP contribution < -0.4 is 0 Å². The molecule has 2 heteroatoms. The summed E-state index contributed by atoms with van der Waals surface area (Å²) >= 11 is 0. The van der Waals surface area contributed by atoms with Gasteiger partial charge in [0.2, 0.25) is 0 Å². The van der Waals surface area contributed by atoms with Gasteiger partial charge in [0.15, 0.2) is 0 Å². The highest BCUT2D eigenvalue weighted by atomic mass is 15.2. The van der Waals surface area contributed by atoms with Crippen molar-refractivity contribution in [1.29, 1.82) is 0 Å². The first-order chi connectivity index (χ1) is 9.58. The van der Waals surface area contributed by atoms with E-state index in [-0.39, 0.29) is 0 Å². The summed E-state index contributed by atoms with van der Waals surface area (Å²) < 4.78 is 0. The van der Waals surface area contributed by atoms with Crippen molar-refractivity contribution in [3.05, 3.63) is 35.9 Å². The summed E-state index contributed by atoms with van der Waals surface area (Å²) in [7, 11) is 2.28. The van der Waals surface area contributed by atoms with Gasteiger partial charge in [-0.15, -0.1) is 0 Å². The van der Waals surface area contributed by atoms with Crippen molar-refractivity contribution in [2.75, 3.05) is 20.1 Å². The highest BCUT2D eigenvalue weighted by Gasteiger charge is 2.26. The molecule has 1 aliphatic rings. The van der Waals surface area contributed by atoms with E-state index in [1.54, 1.807) is 0 Å². The molecular formula is C18H30N2. The van der Waals surface area contributed by atoms with E-state index in [1.807, 2.05) is 0 Å². The second kappa shape index (κ2) is 7.24. The van der Waals surface area contributed by atoms with Gasteiger partial charge >= 0.3 is 0 Å². The van der Waals surface area contributed by atoms with Crippen LogP contribution in [0.4, 0.5) is 0 Å². The Bertz CT molecular complexity index is 380. The minimum atomic E-state index is 0.718. The monoisotopic (exact) mass is 274 g/mol. The van der Waals surface area contributed by atoms with Crippen LogP contribution in [0, 0.1) is 5.92 Å². The first kappa shape index (κ1) is 15.5. The Hall–Kier alpha value is -0.860. The van der Waals surface area contributed by atoms with Crippen molar-refractivity contribution in [1.82, 2.24) is 9.80 Å². The molecule has 1 aliphatic heterocycles. The fourth-order valence-corrected chi connectivity index (χ4v) is 3.16. The fourth-order valence-electron chi connectivity index (χ4n) is 3.16. The lowest BCUT2D eigenvalue weighted by atomic mass is 9.97. The molecule has 0 bridgehead atoms. The molecule has 0 spiro atoms. The van der Waals surface area contributed by atoms with Gasteiger partial charge in [-0.2, -0.15) is 0 Å². The molecule has 1 saturated heterocycles. The van der Waals surface area contributed by atoms with Gasteiger partial charge in [0, 0.05) is 18.6 Å². The number of likely N-dealkylation sites (tertiary alicyclic amines) is 1. The van der Waals surface area contributed by atoms with E-state index >= 15 is 0 Å². The predicted octanol–water partition coefficient (Wildman–Crippen LogP) is 3.63. The SMILES string of the molecule is CC(C)C(C)N1CCC(N(C)Cc2ccccc2)CC1. The molecule has 1 fully saturated rings. The first-order valence-corrected chi connectivity index (χ1v) is 8.06. The summed E-state index contributed by atoms with van der Waals surface area (Å²) in [4.78, 5) is 5.20. The molecular weight excluding hydrogens is 244 g/mol. The van der Waals surface area contributed by atoms with Crippen molar-refractivity contribution in [3.63, 3.8) is 0 Å². The van der Waals surface area contributed by atoms with Crippen LogP contribution in [0.5, 0.6) is 0 Å². The Morgan fingerprint density at radius 1 is 1.10 bits per heavy atom. The van der Waals surface area contributed by atoms with E-state index in [1.165, 1.54) is 31.5 Å². The van der Waals surface area contributed by atoms with Crippen LogP contribution in [0.2, 0.25) is 0 Å². The Balaban J connectivity index is 1.81. The smallest absolute Gasteiger partial charge is 0.0233 e. The van der Waals surface area contributed by atoms with Gasteiger partial charge in [-0.05, 0) is 51.4 Å². The number of rotatable bonds is 5. The van der Waals surface area contributed by atoms with Crippen LogP contribution in [0.3, 0.4) is 0 Å². The van der Waals surface area contributed by atoms with Gasteiger partial charge in [0.25, 0.3) is 0 Å². The molecule has 0 saturated carbocycles. The Labute approximate surface area is 124 Å². The molecule has 2 rings (SSSR count). The maximum absolute atomic E-state index is 2.66. The van der Waals surface area contributed by atoms with E-state index < -0.39 is 0 Å². The number of benzene rings is 1. The molecule has 2 nitrogen and oxygen atoms in total. The average molecular weight is 274 g/mol. The van der Waals surface area contributed by atoms with Gasteiger partial charge in [-0.3, -0.25) is 4.90 Å². The summed E-state index contributed by atoms with van der Waals surface area (Å²) in [5, 5.41) is 0. The molecule has 0 aromatic heterocycles. The molecule has 0 amide bonds. The zero-order valence-electron chi connectivity index (χ0n) is 13.5. The molecule has 0 radical (unpaired) electrons. The Morgan fingerprint density at radius 3 is 2.25 bits per heavy atom. The molecule has 0 aliphatic carbocycles. The van der Waals surface area contributed by atoms with E-state index in [0.717, 1.165) is 24.5 Å². The van der Waals surface area contributed by atoms with Crippen LogP contribution in [-0.4, -0.2) is 42.0 Å². The molecule has 1 heterocycles. The minimum absolute atomic E-state index is 0.718. The third-order valence-corrected chi connectivity index (χ3v) is 4.94. The predicted molar refractivity (Wildman–Crippen MR) is 86.8 cm³/mol. The van der Waals surface area contributed by atoms with Crippen LogP contribution in [0.15, 0.2) is 30.3 Å². The lowest BCUT2D eigenvalue weighted by Gasteiger charge is -2.40. The zero-order chi connectivity index (χ0) is 14.5. The van der Waals surface area contributed by atoms with E-state index in [9.17, 15) is 0 Å². The molecule has 1 atom stereocenters. The van der Waals surface area contributed by atoms with Gasteiger partial charge in [-0.1, -0.05) is 44.2 Å². The molecule has 1 aromatic carbocycles. The Kier molecular flexibility index (Phi) is 5.62. The summed E-state index contributed by atoms with van der Waals surface area (Å²) in [5.41, 5.74) is 1.42. The largest absolute Gasteiger partial charge is 0.300 e. The summed E-state index contributed by atoms with van der Waals surface area (Å²) in [6, 6.07) is 12.3. The molecule has 112 valence electrons. The summed E-state index contributed by atoms with van der Waals surface area (Å²) in [6.45, 7) is 10.6. The average Bonchev–Trinajstić information content (AvgIpc) is 2.47. The number of hydrogen-bond donors (Lipinski definition) is 0. The lowest BCUT2D eigenvalue weighted by molar-refractivity contribution is 0.0831. The van der Waals surface area contributed by atoms with Crippen LogP contribution in [-0.2, 0) is 6.54 Å². The maximum atomic E-state index is 2.66. The van der Waals surface area contributed by atoms with Crippen molar-refractivity contribution in [2.45, 2.75) is 52.2 Å². The van der Waals surface area contributed by atoms with E-state index in [0.29, 0.717) is 0 Å². The quantitative estimate of drug-likeness (QED) is 0.809. The van der Waals surface area contributed by atoms with E-state index in [2.05, 4.69) is 68.0 Å². The Morgan fingerprint density at radius 2 is 1.70 bits per heavy atom. The van der Waals surface area contributed by atoms with Gasteiger partial charge in [0.05, 0.1) is 0 Å². The van der Waals surface area contributed by atoms with Crippen LogP contribution in [0.25, 0.3) is 0 Å². The second-order valence-corrected chi connectivity index (χ2v) is 6.65. The summed E-state index contributed by atoms with van der Waals surface area (Å²) in [6.07, 6.45) is 2.61. The van der Waals surface area contributed by atoms with Gasteiger partial charge < -0.3 is 4.90 Å². The maximum Gasteiger partial charge on any atom is 0.0233 e. The van der Waals surface area contributed by atoms with Crippen molar-refractivity contribution in [2.24, 2.45) is 5.92 Å². The van der Waals surface area contributed by atoms with Crippen molar-refractivity contribution in [3.8, 4) is 0 Å². The first-order valence-electron chi connectivity index (χ1n) is 8.06. The molecule has 1 unspecified atom stereocenters.